The van der Waals surface area contributed by atoms with E-state index in [4.69, 9.17) is 4.74 Å². The molecule has 0 radical (unpaired) electrons. The van der Waals surface area contributed by atoms with E-state index in [1.807, 2.05) is 0 Å². The molecule has 1 N–H and O–H groups in total. The van der Waals surface area contributed by atoms with E-state index in [1.165, 1.54) is 45.1 Å². The smallest absolute Gasteiger partial charge is 0.0587 e. The van der Waals surface area contributed by atoms with Crippen molar-refractivity contribution < 1.29 is 4.74 Å². The summed E-state index contributed by atoms with van der Waals surface area (Å²) < 4.78 is 5.05. The molecular weight excluding hydrogens is 186 g/mol. The number of ether oxygens (including phenoxy) is 1. The number of hydrogen-bond acceptors (Lipinski definition) is 2. The Bertz CT molecular complexity index is 143. The Morgan fingerprint density at radius 3 is 2.67 bits per heavy atom. The monoisotopic (exact) mass is 213 g/mol. The zero-order valence-corrected chi connectivity index (χ0v) is 10.4. The molecule has 1 aliphatic carbocycles. The van der Waals surface area contributed by atoms with E-state index in [-0.39, 0.29) is 0 Å². The van der Waals surface area contributed by atoms with Crippen LogP contribution in [-0.2, 0) is 4.74 Å². The molecule has 1 unspecified atom stereocenters. The van der Waals surface area contributed by atoms with Crippen LogP contribution in [0.25, 0.3) is 0 Å². The molecule has 15 heavy (non-hydrogen) atoms. The van der Waals surface area contributed by atoms with Crippen LogP contribution in [0.5, 0.6) is 0 Å². The molecule has 1 fully saturated rings. The third-order valence-electron chi connectivity index (χ3n) is 3.62. The summed E-state index contributed by atoms with van der Waals surface area (Å²) in [6.07, 6.45) is 8.58. The summed E-state index contributed by atoms with van der Waals surface area (Å²) in [5.74, 6) is 1.91. The van der Waals surface area contributed by atoms with Crippen LogP contribution >= 0.6 is 0 Å². The summed E-state index contributed by atoms with van der Waals surface area (Å²) in [5.41, 5.74) is 0. The van der Waals surface area contributed by atoms with Gasteiger partial charge in [0.25, 0.3) is 0 Å². The minimum atomic E-state index is 0.837. The summed E-state index contributed by atoms with van der Waals surface area (Å²) >= 11 is 0. The minimum Gasteiger partial charge on any atom is -0.383 e. The van der Waals surface area contributed by atoms with Crippen LogP contribution in [0.15, 0.2) is 0 Å². The van der Waals surface area contributed by atoms with Gasteiger partial charge in [0.05, 0.1) is 6.61 Å². The zero-order chi connectivity index (χ0) is 10.9. The zero-order valence-electron chi connectivity index (χ0n) is 10.4. The highest BCUT2D eigenvalue weighted by Crippen LogP contribution is 2.33. The third-order valence-corrected chi connectivity index (χ3v) is 3.62. The van der Waals surface area contributed by atoms with Crippen LogP contribution in [0.2, 0.25) is 0 Å². The Balaban J connectivity index is 2.17. The Morgan fingerprint density at radius 2 is 2.07 bits per heavy atom. The molecule has 0 bridgehead atoms. The SMILES string of the molecule is CCCC(CNCCOC)C1CCCC1. The van der Waals surface area contributed by atoms with Crippen LogP contribution in [0, 0.1) is 11.8 Å². The topological polar surface area (TPSA) is 21.3 Å². The van der Waals surface area contributed by atoms with Gasteiger partial charge < -0.3 is 10.1 Å². The maximum Gasteiger partial charge on any atom is 0.0587 e. The van der Waals surface area contributed by atoms with Crippen molar-refractivity contribution in [1.82, 2.24) is 5.32 Å². The normalized spacial score (nSPS) is 19.6. The maximum atomic E-state index is 5.05. The van der Waals surface area contributed by atoms with Gasteiger partial charge in [-0.15, -0.1) is 0 Å². The second-order valence-electron chi connectivity index (χ2n) is 4.79. The lowest BCUT2D eigenvalue weighted by atomic mass is 9.87. The summed E-state index contributed by atoms with van der Waals surface area (Å²) in [7, 11) is 1.77. The van der Waals surface area contributed by atoms with Crippen LogP contribution < -0.4 is 5.32 Å². The summed E-state index contributed by atoms with van der Waals surface area (Å²) in [6, 6.07) is 0. The Kier molecular flexibility index (Phi) is 7.03. The van der Waals surface area contributed by atoms with Crippen molar-refractivity contribution >= 4 is 0 Å². The highest BCUT2D eigenvalue weighted by atomic mass is 16.5. The highest BCUT2D eigenvalue weighted by molar-refractivity contribution is 4.76. The fourth-order valence-corrected chi connectivity index (χ4v) is 2.77. The van der Waals surface area contributed by atoms with Gasteiger partial charge in [0.1, 0.15) is 0 Å². The molecule has 0 heterocycles. The van der Waals surface area contributed by atoms with Gasteiger partial charge in [-0.2, -0.15) is 0 Å². The van der Waals surface area contributed by atoms with Crippen molar-refractivity contribution in [2.45, 2.75) is 45.4 Å². The number of methoxy groups -OCH3 is 1. The Labute approximate surface area is 94.8 Å². The second kappa shape index (κ2) is 8.12. The van der Waals surface area contributed by atoms with Gasteiger partial charge in [-0.3, -0.25) is 0 Å². The van der Waals surface area contributed by atoms with Crippen LogP contribution in [-0.4, -0.2) is 26.8 Å². The van der Waals surface area contributed by atoms with Crippen molar-refractivity contribution in [2.75, 3.05) is 26.8 Å². The van der Waals surface area contributed by atoms with E-state index in [0.29, 0.717) is 0 Å². The molecule has 2 heteroatoms. The molecule has 0 aliphatic heterocycles. The molecule has 0 aromatic rings. The van der Waals surface area contributed by atoms with E-state index in [0.717, 1.165) is 25.0 Å². The number of hydrogen-bond donors (Lipinski definition) is 1. The summed E-state index contributed by atoms with van der Waals surface area (Å²) in [5, 5.41) is 3.52. The Hall–Kier alpha value is -0.0800. The molecular formula is C13H27NO. The molecule has 2 nitrogen and oxygen atoms in total. The van der Waals surface area contributed by atoms with E-state index < -0.39 is 0 Å². The first kappa shape index (κ1) is 13.0. The summed E-state index contributed by atoms with van der Waals surface area (Å²) in [6.45, 7) is 5.34. The maximum absolute atomic E-state index is 5.05. The van der Waals surface area contributed by atoms with Gasteiger partial charge in [-0.25, -0.2) is 0 Å². The van der Waals surface area contributed by atoms with Gasteiger partial charge in [0.2, 0.25) is 0 Å². The fraction of sp³-hybridized carbons (Fsp3) is 1.00. The van der Waals surface area contributed by atoms with Gasteiger partial charge >= 0.3 is 0 Å². The summed E-state index contributed by atoms with van der Waals surface area (Å²) in [4.78, 5) is 0. The first-order valence-electron chi connectivity index (χ1n) is 6.58. The first-order chi connectivity index (χ1) is 7.38. The molecule has 0 aromatic heterocycles. The highest BCUT2D eigenvalue weighted by Gasteiger charge is 2.23. The lowest BCUT2D eigenvalue weighted by molar-refractivity contribution is 0.194. The molecule has 90 valence electrons. The van der Waals surface area contributed by atoms with E-state index in [2.05, 4.69) is 12.2 Å². The van der Waals surface area contributed by atoms with Crippen molar-refractivity contribution in [3.05, 3.63) is 0 Å². The molecule has 0 aromatic carbocycles. The van der Waals surface area contributed by atoms with Crippen molar-refractivity contribution in [3.8, 4) is 0 Å². The molecule has 1 rings (SSSR count). The largest absolute Gasteiger partial charge is 0.383 e. The van der Waals surface area contributed by atoms with E-state index in [1.54, 1.807) is 7.11 Å². The lowest BCUT2D eigenvalue weighted by Crippen LogP contribution is -2.29. The van der Waals surface area contributed by atoms with Crippen LogP contribution in [0.4, 0.5) is 0 Å². The fourth-order valence-electron chi connectivity index (χ4n) is 2.77. The van der Waals surface area contributed by atoms with Crippen LogP contribution in [0.1, 0.15) is 45.4 Å². The molecule has 0 spiro atoms. The van der Waals surface area contributed by atoms with Crippen LogP contribution in [0.3, 0.4) is 0 Å². The number of rotatable bonds is 8. The predicted molar refractivity (Wildman–Crippen MR) is 65.1 cm³/mol. The van der Waals surface area contributed by atoms with Gasteiger partial charge in [-0.1, -0.05) is 39.0 Å². The van der Waals surface area contributed by atoms with Crippen molar-refractivity contribution in [1.29, 1.82) is 0 Å². The second-order valence-corrected chi connectivity index (χ2v) is 4.79. The Morgan fingerprint density at radius 1 is 1.33 bits per heavy atom. The van der Waals surface area contributed by atoms with Gasteiger partial charge in [-0.05, 0) is 24.8 Å². The minimum absolute atomic E-state index is 0.837. The molecule has 0 amide bonds. The third kappa shape index (κ3) is 4.98. The van der Waals surface area contributed by atoms with Crippen molar-refractivity contribution in [3.63, 3.8) is 0 Å². The number of nitrogens with one attached hydrogen (secondary N) is 1. The predicted octanol–water partition coefficient (Wildman–Crippen LogP) is 2.83. The van der Waals surface area contributed by atoms with Gasteiger partial charge in [0.15, 0.2) is 0 Å². The van der Waals surface area contributed by atoms with E-state index >= 15 is 0 Å². The molecule has 0 saturated heterocycles. The van der Waals surface area contributed by atoms with Gasteiger partial charge in [0, 0.05) is 13.7 Å². The van der Waals surface area contributed by atoms with Crippen molar-refractivity contribution in [2.24, 2.45) is 11.8 Å². The first-order valence-corrected chi connectivity index (χ1v) is 6.58. The average Bonchev–Trinajstić information content (AvgIpc) is 2.76. The lowest BCUT2D eigenvalue weighted by Gasteiger charge is -2.23. The average molecular weight is 213 g/mol. The molecule has 1 aliphatic rings. The molecule has 1 saturated carbocycles. The van der Waals surface area contributed by atoms with E-state index in [9.17, 15) is 0 Å². The standard InChI is InChI=1S/C13H27NO/c1-3-6-13(11-14-9-10-15-2)12-7-4-5-8-12/h12-14H,3-11H2,1-2H3. The quantitative estimate of drug-likeness (QED) is 0.626. The molecule has 1 atom stereocenters.